The second-order valence-corrected chi connectivity index (χ2v) is 6.60. The van der Waals surface area contributed by atoms with Gasteiger partial charge in [0.15, 0.2) is 0 Å². The van der Waals surface area contributed by atoms with Gasteiger partial charge >= 0.3 is 5.97 Å². The zero-order valence-corrected chi connectivity index (χ0v) is 12.0. The third kappa shape index (κ3) is 2.93. The van der Waals surface area contributed by atoms with Crippen LogP contribution in [0.5, 0.6) is 0 Å². The van der Waals surface area contributed by atoms with Crippen molar-refractivity contribution in [3.8, 4) is 0 Å². The van der Waals surface area contributed by atoms with E-state index in [-0.39, 0.29) is 12.3 Å². The zero-order chi connectivity index (χ0) is 14.0. The second-order valence-electron chi connectivity index (χ2n) is 6.60. The van der Waals surface area contributed by atoms with Gasteiger partial charge in [0.1, 0.15) is 0 Å². The molecule has 0 spiro atoms. The molecule has 2 fully saturated rings. The van der Waals surface area contributed by atoms with Crippen molar-refractivity contribution in [2.45, 2.75) is 52.4 Å². The molecule has 1 heterocycles. The molecule has 0 aromatic rings. The fourth-order valence-corrected chi connectivity index (χ4v) is 3.48. The highest BCUT2D eigenvalue weighted by Crippen LogP contribution is 2.42. The number of carbonyl (C=O) groups is 2. The molecule has 1 saturated carbocycles. The zero-order valence-electron chi connectivity index (χ0n) is 12.0. The van der Waals surface area contributed by atoms with Gasteiger partial charge in [-0.2, -0.15) is 0 Å². The van der Waals surface area contributed by atoms with E-state index in [0.717, 1.165) is 32.4 Å². The van der Waals surface area contributed by atoms with E-state index in [1.54, 1.807) is 0 Å². The largest absolute Gasteiger partial charge is 0.481 e. The Morgan fingerprint density at radius 1 is 1.32 bits per heavy atom. The number of hydrogen-bond donors (Lipinski definition) is 1. The van der Waals surface area contributed by atoms with Gasteiger partial charge < -0.3 is 10.0 Å². The van der Waals surface area contributed by atoms with E-state index >= 15 is 0 Å². The third-order valence-corrected chi connectivity index (χ3v) is 5.02. The van der Waals surface area contributed by atoms with E-state index in [2.05, 4.69) is 13.8 Å². The molecule has 2 aliphatic rings. The summed E-state index contributed by atoms with van der Waals surface area (Å²) in [5.41, 5.74) is -0.771. The van der Waals surface area contributed by atoms with Gasteiger partial charge in [-0.15, -0.1) is 0 Å². The Morgan fingerprint density at radius 3 is 2.42 bits per heavy atom. The summed E-state index contributed by atoms with van der Waals surface area (Å²) in [5, 5.41) is 9.42. The lowest BCUT2D eigenvalue weighted by atomic mass is 9.82. The Morgan fingerprint density at radius 2 is 1.95 bits per heavy atom. The summed E-state index contributed by atoms with van der Waals surface area (Å²) in [4.78, 5) is 25.7. The SMILES string of the molecule is CC(C)C1CCN(C(=O)CC2(C(=O)O)CCCC2)C1. The average molecular weight is 267 g/mol. The van der Waals surface area contributed by atoms with E-state index in [1.807, 2.05) is 4.90 Å². The standard InChI is InChI=1S/C15H25NO3/c1-11(2)12-5-8-16(10-12)13(17)9-15(14(18)19)6-3-4-7-15/h11-12H,3-10H2,1-2H3,(H,18,19). The van der Waals surface area contributed by atoms with E-state index in [1.165, 1.54) is 0 Å². The van der Waals surface area contributed by atoms with Crippen molar-refractivity contribution in [3.05, 3.63) is 0 Å². The van der Waals surface area contributed by atoms with Gasteiger partial charge in [-0.1, -0.05) is 26.7 Å². The highest BCUT2D eigenvalue weighted by atomic mass is 16.4. The molecule has 4 nitrogen and oxygen atoms in total. The minimum atomic E-state index is -0.780. The summed E-state index contributed by atoms with van der Waals surface area (Å²) < 4.78 is 0. The Balaban J connectivity index is 1.96. The van der Waals surface area contributed by atoms with Crippen molar-refractivity contribution in [1.82, 2.24) is 4.90 Å². The minimum absolute atomic E-state index is 0.0486. The number of carboxylic acid groups (broad SMARTS) is 1. The first-order valence-corrected chi connectivity index (χ1v) is 7.46. The monoisotopic (exact) mass is 267 g/mol. The summed E-state index contributed by atoms with van der Waals surface area (Å²) in [6.45, 7) is 5.99. The van der Waals surface area contributed by atoms with Crippen molar-refractivity contribution in [1.29, 1.82) is 0 Å². The van der Waals surface area contributed by atoms with Crippen LogP contribution in [0, 0.1) is 17.3 Å². The van der Waals surface area contributed by atoms with Crippen molar-refractivity contribution in [3.63, 3.8) is 0 Å². The van der Waals surface area contributed by atoms with Crippen LogP contribution in [-0.2, 0) is 9.59 Å². The van der Waals surface area contributed by atoms with Crippen LogP contribution in [0.3, 0.4) is 0 Å². The molecule has 0 radical (unpaired) electrons. The number of carbonyl (C=O) groups excluding carboxylic acids is 1. The van der Waals surface area contributed by atoms with Crippen LogP contribution in [-0.4, -0.2) is 35.0 Å². The van der Waals surface area contributed by atoms with Gasteiger partial charge in [-0.05, 0) is 31.1 Å². The molecule has 1 aliphatic heterocycles. The van der Waals surface area contributed by atoms with Gasteiger partial charge in [-0.25, -0.2) is 0 Å². The molecule has 1 amide bonds. The molecular weight excluding hydrogens is 242 g/mol. The molecular formula is C15H25NO3. The van der Waals surface area contributed by atoms with Crippen LogP contribution >= 0.6 is 0 Å². The maximum Gasteiger partial charge on any atom is 0.310 e. The smallest absolute Gasteiger partial charge is 0.310 e. The predicted octanol–water partition coefficient (Wildman–Crippen LogP) is 2.53. The summed E-state index contributed by atoms with van der Waals surface area (Å²) >= 11 is 0. The number of carboxylic acids is 1. The minimum Gasteiger partial charge on any atom is -0.481 e. The van der Waals surface area contributed by atoms with Gasteiger partial charge in [0.25, 0.3) is 0 Å². The lowest BCUT2D eigenvalue weighted by Gasteiger charge is -2.26. The first-order valence-electron chi connectivity index (χ1n) is 7.46. The van der Waals surface area contributed by atoms with E-state index in [0.29, 0.717) is 24.7 Å². The summed E-state index contributed by atoms with van der Waals surface area (Å²) in [6, 6.07) is 0. The molecule has 108 valence electrons. The van der Waals surface area contributed by atoms with Crippen LogP contribution in [0.1, 0.15) is 52.4 Å². The molecule has 1 N–H and O–H groups in total. The number of nitrogens with zero attached hydrogens (tertiary/aromatic N) is 1. The number of rotatable bonds is 4. The fraction of sp³-hybridized carbons (Fsp3) is 0.867. The molecule has 1 saturated heterocycles. The average Bonchev–Trinajstić information content (AvgIpc) is 2.97. The van der Waals surface area contributed by atoms with Gasteiger partial charge in [0.05, 0.1) is 5.41 Å². The Bertz CT molecular complexity index is 358. The quantitative estimate of drug-likeness (QED) is 0.851. The first kappa shape index (κ1) is 14.4. The number of likely N-dealkylation sites (tertiary alicyclic amines) is 1. The third-order valence-electron chi connectivity index (χ3n) is 5.02. The summed E-state index contributed by atoms with van der Waals surface area (Å²) in [5.74, 6) is 0.441. The van der Waals surface area contributed by atoms with Crippen LogP contribution in [0.25, 0.3) is 0 Å². The van der Waals surface area contributed by atoms with Crippen molar-refractivity contribution >= 4 is 11.9 Å². The maximum absolute atomic E-state index is 12.3. The van der Waals surface area contributed by atoms with Crippen molar-refractivity contribution < 1.29 is 14.7 Å². The van der Waals surface area contributed by atoms with Crippen LogP contribution in [0.15, 0.2) is 0 Å². The predicted molar refractivity (Wildman–Crippen MR) is 72.7 cm³/mol. The highest BCUT2D eigenvalue weighted by molar-refractivity contribution is 5.85. The molecule has 2 rings (SSSR count). The first-order chi connectivity index (χ1) is 8.94. The fourth-order valence-electron chi connectivity index (χ4n) is 3.48. The molecule has 0 bridgehead atoms. The van der Waals surface area contributed by atoms with Gasteiger partial charge in [0.2, 0.25) is 5.91 Å². The van der Waals surface area contributed by atoms with Gasteiger partial charge in [-0.3, -0.25) is 9.59 Å². The molecule has 0 aromatic carbocycles. The van der Waals surface area contributed by atoms with Crippen LogP contribution in [0.4, 0.5) is 0 Å². The topological polar surface area (TPSA) is 57.6 Å². The van der Waals surface area contributed by atoms with E-state index in [9.17, 15) is 14.7 Å². The Hall–Kier alpha value is -1.06. The lowest BCUT2D eigenvalue weighted by molar-refractivity contribution is -0.153. The van der Waals surface area contributed by atoms with Crippen molar-refractivity contribution in [2.24, 2.45) is 17.3 Å². The number of hydrogen-bond acceptors (Lipinski definition) is 2. The Kier molecular flexibility index (Phi) is 4.16. The maximum atomic E-state index is 12.3. The highest BCUT2D eigenvalue weighted by Gasteiger charge is 2.44. The molecule has 19 heavy (non-hydrogen) atoms. The van der Waals surface area contributed by atoms with Crippen LogP contribution in [0.2, 0.25) is 0 Å². The van der Waals surface area contributed by atoms with E-state index < -0.39 is 11.4 Å². The molecule has 1 unspecified atom stereocenters. The normalized spacial score (nSPS) is 26.1. The molecule has 1 aliphatic carbocycles. The Labute approximate surface area is 115 Å². The lowest BCUT2D eigenvalue weighted by Crippen LogP contribution is -2.37. The second kappa shape index (κ2) is 5.51. The molecule has 4 heteroatoms. The van der Waals surface area contributed by atoms with Crippen LogP contribution < -0.4 is 0 Å². The van der Waals surface area contributed by atoms with E-state index in [4.69, 9.17) is 0 Å². The summed E-state index contributed by atoms with van der Waals surface area (Å²) in [7, 11) is 0. The number of amides is 1. The molecule has 0 aromatic heterocycles. The number of aliphatic carboxylic acids is 1. The summed E-state index contributed by atoms with van der Waals surface area (Å²) in [6.07, 6.45) is 4.46. The van der Waals surface area contributed by atoms with Gasteiger partial charge in [0, 0.05) is 19.5 Å². The van der Waals surface area contributed by atoms with Crippen molar-refractivity contribution in [2.75, 3.05) is 13.1 Å². The molecule has 1 atom stereocenters.